The molecule has 0 radical (unpaired) electrons. The minimum Gasteiger partial charge on any atom is -0.267 e. The van der Waals surface area contributed by atoms with Crippen molar-refractivity contribution in [2.75, 3.05) is 5.43 Å². The number of amides is 1. The van der Waals surface area contributed by atoms with Gasteiger partial charge in [-0.3, -0.25) is 19.7 Å². The molecule has 0 aromatic carbocycles. The van der Waals surface area contributed by atoms with E-state index in [4.69, 9.17) is 11.6 Å². The van der Waals surface area contributed by atoms with Gasteiger partial charge in [0.05, 0.1) is 5.39 Å². The molecular formula is C16H13ClF3N5O2S. The number of carbonyl (C=O) groups is 1. The summed E-state index contributed by atoms with van der Waals surface area (Å²) in [5, 5.41) is 3.17. The molecule has 12 heteroatoms. The molecule has 0 fully saturated rings. The quantitative estimate of drug-likeness (QED) is 0.676. The lowest BCUT2D eigenvalue weighted by Gasteiger charge is -2.10. The predicted molar refractivity (Wildman–Crippen MR) is 97.6 cm³/mol. The van der Waals surface area contributed by atoms with Crippen LogP contribution in [0.4, 0.5) is 13.2 Å². The highest BCUT2D eigenvalue weighted by Gasteiger charge is 2.40. The van der Waals surface area contributed by atoms with Crippen molar-refractivity contribution in [2.45, 2.75) is 32.4 Å². The van der Waals surface area contributed by atoms with E-state index in [0.717, 1.165) is 41.4 Å². The first kappa shape index (κ1) is 18.9. The van der Waals surface area contributed by atoms with E-state index in [-0.39, 0.29) is 5.82 Å². The summed E-state index contributed by atoms with van der Waals surface area (Å²) in [5.41, 5.74) is 0.864. The van der Waals surface area contributed by atoms with Gasteiger partial charge in [-0.25, -0.2) is 9.66 Å². The fourth-order valence-corrected chi connectivity index (χ4v) is 5.03. The monoisotopic (exact) mass is 431 g/mol. The molecule has 3 aromatic heterocycles. The maximum Gasteiger partial charge on any atom is 0.434 e. The van der Waals surface area contributed by atoms with E-state index in [0.29, 0.717) is 14.9 Å². The first-order valence-corrected chi connectivity index (χ1v) is 9.44. The number of aryl methyl sites for hydroxylation is 4. The average Bonchev–Trinajstić information content (AvgIpc) is 3.23. The highest BCUT2D eigenvalue weighted by molar-refractivity contribution is 7.18. The fraction of sp³-hybridized carbons (Fsp3) is 0.375. The second kappa shape index (κ2) is 6.31. The summed E-state index contributed by atoms with van der Waals surface area (Å²) >= 11 is 7.19. The first-order valence-electron chi connectivity index (χ1n) is 8.24. The van der Waals surface area contributed by atoms with Crippen molar-refractivity contribution < 1.29 is 18.0 Å². The van der Waals surface area contributed by atoms with Crippen LogP contribution < -0.4 is 11.0 Å². The first-order chi connectivity index (χ1) is 13.1. The molecule has 1 N–H and O–H groups in total. The summed E-state index contributed by atoms with van der Waals surface area (Å²) in [7, 11) is 1.03. The third-order valence-corrected chi connectivity index (χ3v) is 6.14. The lowest BCUT2D eigenvalue weighted by atomic mass is 10.2. The Bertz CT molecular complexity index is 1190. The fourth-order valence-electron chi connectivity index (χ4n) is 3.38. The SMILES string of the molecule is Cc1nc2sc3c(c2c(=O)n1NC(=O)c1nn(C)c(C(F)(F)F)c1Cl)CCC3. The summed E-state index contributed by atoms with van der Waals surface area (Å²) in [4.78, 5) is 31.5. The summed E-state index contributed by atoms with van der Waals surface area (Å²) in [5.74, 6) is -0.830. The zero-order chi connectivity index (χ0) is 20.4. The van der Waals surface area contributed by atoms with Crippen LogP contribution in [0.25, 0.3) is 10.2 Å². The smallest absolute Gasteiger partial charge is 0.267 e. The molecule has 0 spiro atoms. The van der Waals surface area contributed by atoms with Crippen LogP contribution >= 0.6 is 22.9 Å². The number of alkyl halides is 3. The molecule has 148 valence electrons. The van der Waals surface area contributed by atoms with Crippen molar-refractivity contribution in [3.05, 3.63) is 43.0 Å². The Morgan fingerprint density at radius 2 is 2.04 bits per heavy atom. The van der Waals surface area contributed by atoms with Gasteiger partial charge in [-0.15, -0.1) is 11.3 Å². The lowest BCUT2D eigenvalue weighted by Crippen LogP contribution is -2.35. The number of nitrogens with zero attached hydrogens (tertiary/aromatic N) is 4. The summed E-state index contributed by atoms with van der Waals surface area (Å²) in [6.45, 7) is 1.52. The predicted octanol–water partition coefficient (Wildman–Crippen LogP) is 3.04. The van der Waals surface area contributed by atoms with Gasteiger partial charge < -0.3 is 0 Å². The highest BCUT2D eigenvalue weighted by Crippen LogP contribution is 2.36. The molecule has 3 aromatic rings. The second-order valence-electron chi connectivity index (χ2n) is 6.41. The van der Waals surface area contributed by atoms with Crippen LogP contribution in [0, 0.1) is 6.92 Å². The standard InChI is InChI=1S/C16H13ClF3N5O2S/c1-6-21-14-9(7-4-3-5-8(7)28-14)15(27)25(6)23-13(26)11-10(17)12(16(18,19)20)24(2)22-11/h3-5H2,1-2H3,(H,23,26). The molecular weight excluding hydrogens is 419 g/mol. The van der Waals surface area contributed by atoms with Crippen LogP contribution in [-0.4, -0.2) is 25.3 Å². The number of nitrogens with one attached hydrogen (secondary N) is 1. The molecule has 7 nitrogen and oxygen atoms in total. The molecule has 28 heavy (non-hydrogen) atoms. The number of hydrogen-bond acceptors (Lipinski definition) is 5. The van der Waals surface area contributed by atoms with E-state index < -0.39 is 34.1 Å². The molecule has 1 aliphatic rings. The molecule has 0 bridgehead atoms. The molecule has 1 amide bonds. The molecule has 0 atom stereocenters. The van der Waals surface area contributed by atoms with Crippen LogP contribution in [0.15, 0.2) is 4.79 Å². The minimum atomic E-state index is -4.78. The van der Waals surface area contributed by atoms with E-state index in [9.17, 15) is 22.8 Å². The Hall–Kier alpha value is -2.40. The molecule has 0 unspecified atom stereocenters. The third-order valence-electron chi connectivity index (χ3n) is 4.59. The molecule has 0 saturated heterocycles. The van der Waals surface area contributed by atoms with Gasteiger partial charge in [0.25, 0.3) is 11.5 Å². The van der Waals surface area contributed by atoms with E-state index in [1.807, 2.05) is 0 Å². The Kier molecular flexibility index (Phi) is 4.27. The zero-order valence-electron chi connectivity index (χ0n) is 14.6. The van der Waals surface area contributed by atoms with Gasteiger partial charge in [0.2, 0.25) is 0 Å². The summed E-state index contributed by atoms with van der Waals surface area (Å²) in [6.07, 6.45) is -2.20. The number of halogens is 4. The summed E-state index contributed by atoms with van der Waals surface area (Å²) < 4.78 is 40.6. The van der Waals surface area contributed by atoms with Gasteiger partial charge in [-0.2, -0.15) is 18.3 Å². The van der Waals surface area contributed by atoms with Gasteiger partial charge in [-0.05, 0) is 31.7 Å². The third kappa shape index (κ3) is 2.80. The number of thiophene rings is 1. The van der Waals surface area contributed by atoms with Crippen molar-refractivity contribution >= 4 is 39.1 Å². The van der Waals surface area contributed by atoms with Crippen molar-refractivity contribution in [1.82, 2.24) is 19.4 Å². The van der Waals surface area contributed by atoms with Crippen molar-refractivity contribution in [1.29, 1.82) is 0 Å². The van der Waals surface area contributed by atoms with E-state index in [2.05, 4.69) is 15.5 Å². The maximum absolute atomic E-state index is 13.1. The van der Waals surface area contributed by atoms with Gasteiger partial charge in [0, 0.05) is 11.9 Å². The second-order valence-corrected chi connectivity index (χ2v) is 7.87. The molecule has 4 rings (SSSR count). The highest BCUT2D eigenvalue weighted by atomic mass is 35.5. The Morgan fingerprint density at radius 3 is 2.68 bits per heavy atom. The molecule has 0 aliphatic heterocycles. The van der Waals surface area contributed by atoms with Crippen LogP contribution in [-0.2, 0) is 26.1 Å². The Labute approximate surface area is 164 Å². The summed E-state index contributed by atoms with van der Waals surface area (Å²) in [6, 6.07) is 0. The number of carbonyl (C=O) groups excluding carboxylic acids is 1. The maximum atomic E-state index is 13.1. The Balaban J connectivity index is 1.77. The molecule has 1 aliphatic carbocycles. The van der Waals surface area contributed by atoms with Gasteiger partial charge in [0.15, 0.2) is 11.4 Å². The van der Waals surface area contributed by atoms with Crippen molar-refractivity contribution in [3.63, 3.8) is 0 Å². The largest absolute Gasteiger partial charge is 0.434 e. The van der Waals surface area contributed by atoms with E-state index in [1.54, 1.807) is 0 Å². The number of hydrogen-bond donors (Lipinski definition) is 1. The molecule has 3 heterocycles. The van der Waals surface area contributed by atoms with Crippen molar-refractivity contribution in [3.8, 4) is 0 Å². The van der Waals surface area contributed by atoms with Crippen LogP contribution in [0.2, 0.25) is 5.02 Å². The Morgan fingerprint density at radius 1 is 1.32 bits per heavy atom. The normalized spacial score (nSPS) is 13.9. The van der Waals surface area contributed by atoms with E-state index in [1.165, 1.54) is 18.3 Å². The van der Waals surface area contributed by atoms with Crippen LogP contribution in [0.1, 0.15) is 38.9 Å². The number of fused-ring (bicyclic) bond motifs is 3. The van der Waals surface area contributed by atoms with E-state index >= 15 is 0 Å². The minimum absolute atomic E-state index is 0.203. The van der Waals surface area contributed by atoms with Crippen LogP contribution in [0.3, 0.4) is 0 Å². The molecule has 0 saturated carbocycles. The topological polar surface area (TPSA) is 81.8 Å². The van der Waals surface area contributed by atoms with Gasteiger partial charge in [-0.1, -0.05) is 11.6 Å². The average molecular weight is 432 g/mol. The van der Waals surface area contributed by atoms with Crippen molar-refractivity contribution in [2.24, 2.45) is 7.05 Å². The zero-order valence-corrected chi connectivity index (χ0v) is 16.2. The number of rotatable bonds is 2. The van der Waals surface area contributed by atoms with Gasteiger partial charge >= 0.3 is 6.18 Å². The number of aromatic nitrogens is 4. The van der Waals surface area contributed by atoms with Gasteiger partial charge in [0.1, 0.15) is 15.7 Å². The van der Waals surface area contributed by atoms with Crippen LogP contribution in [0.5, 0.6) is 0 Å². The lowest BCUT2D eigenvalue weighted by molar-refractivity contribution is -0.143.